The molecule has 0 aliphatic heterocycles. The lowest BCUT2D eigenvalue weighted by atomic mass is 10.1. The minimum Gasteiger partial charge on any atom is -0.494 e. The van der Waals surface area contributed by atoms with Gasteiger partial charge in [0.1, 0.15) is 5.75 Å². The zero-order valence-corrected chi connectivity index (χ0v) is 16.6. The number of amides is 1. The highest BCUT2D eigenvalue weighted by Gasteiger charge is 2.09. The molecule has 1 heterocycles. The molecule has 29 heavy (non-hydrogen) atoms. The first-order chi connectivity index (χ1) is 14.2. The smallest absolute Gasteiger partial charge is 0.271 e. The van der Waals surface area contributed by atoms with E-state index in [1.165, 1.54) is 21.8 Å². The molecular formula is C24H23N3O2. The molecule has 0 fully saturated rings. The zero-order chi connectivity index (χ0) is 20.2. The summed E-state index contributed by atoms with van der Waals surface area (Å²) in [4.78, 5) is 12.3. The molecule has 0 radical (unpaired) electrons. The average Bonchev–Trinajstić information content (AvgIpc) is 3.07. The van der Waals surface area contributed by atoms with E-state index in [9.17, 15) is 4.79 Å². The van der Waals surface area contributed by atoms with Crippen LogP contribution in [0.4, 0.5) is 0 Å². The Hall–Kier alpha value is -3.60. The summed E-state index contributed by atoms with van der Waals surface area (Å²) in [5.74, 6) is 0.486. The molecule has 0 atom stereocenters. The molecule has 0 saturated carbocycles. The van der Waals surface area contributed by atoms with Gasteiger partial charge in [0.2, 0.25) is 0 Å². The Kier molecular flexibility index (Phi) is 5.29. The molecule has 3 aromatic carbocycles. The Morgan fingerprint density at radius 3 is 2.52 bits per heavy atom. The van der Waals surface area contributed by atoms with Crippen molar-refractivity contribution >= 4 is 33.9 Å². The van der Waals surface area contributed by atoms with E-state index in [-0.39, 0.29) is 5.91 Å². The fourth-order valence-electron chi connectivity index (χ4n) is 3.59. The summed E-state index contributed by atoms with van der Waals surface area (Å²) >= 11 is 0. The number of hydrogen-bond donors (Lipinski definition) is 1. The van der Waals surface area contributed by atoms with E-state index in [4.69, 9.17) is 4.74 Å². The lowest BCUT2D eigenvalue weighted by molar-refractivity contribution is 0.0955. The van der Waals surface area contributed by atoms with Crippen molar-refractivity contribution < 1.29 is 9.53 Å². The number of nitrogens with zero attached hydrogens (tertiary/aromatic N) is 2. The van der Waals surface area contributed by atoms with E-state index < -0.39 is 0 Å². The quantitative estimate of drug-likeness (QED) is 0.376. The number of ether oxygens (including phenoxy) is 1. The van der Waals surface area contributed by atoms with Gasteiger partial charge in [-0.2, -0.15) is 5.10 Å². The lowest BCUT2D eigenvalue weighted by Gasteiger charge is -2.04. The van der Waals surface area contributed by atoms with Crippen molar-refractivity contribution in [1.82, 2.24) is 9.99 Å². The number of hydrogen-bond acceptors (Lipinski definition) is 3. The highest BCUT2D eigenvalue weighted by Crippen LogP contribution is 2.29. The topological polar surface area (TPSA) is 55.6 Å². The van der Waals surface area contributed by atoms with Crippen LogP contribution in [0.1, 0.15) is 29.8 Å². The minimum absolute atomic E-state index is 0.257. The zero-order valence-electron chi connectivity index (χ0n) is 16.6. The number of aryl methyl sites for hydroxylation is 1. The molecule has 4 rings (SSSR count). The molecule has 1 aromatic heterocycles. The maximum absolute atomic E-state index is 12.3. The summed E-state index contributed by atoms with van der Waals surface area (Å²) in [5.41, 5.74) is 6.48. The van der Waals surface area contributed by atoms with Gasteiger partial charge in [-0.15, -0.1) is 0 Å². The van der Waals surface area contributed by atoms with Gasteiger partial charge in [0.25, 0.3) is 5.91 Å². The fourth-order valence-corrected chi connectivity index (χ4v) is 3.59. The number of hydrazone groups is 1. The van der Waals surface area contributed by atoms with Crippen LogP contribution in [0.25, 0.3) is 21.8 Å². The van der Waals surface area contributed by atoms with Crippen LogP contribution in [0.2, 0.25) is 0 Å². The number of nitrogens with one attached hydrogen (secondary N) is 1. The Morgan fingerprint density at radius 2 is 1.76 bits per heavy atom. The number of fused-ring (bicyclic) bond motifs is 3. The second-order valence-electron chi connectivity index (χ2n) is 6.69. The molecule has 1 N–H and O–H groups in total. The van der Waals surface area contributed by atoms with E-state index in [0.29, 0.717) is 12.2 Å². The van der Waals surface area contributed by atoms with E-state index in [1.54, 1.807) is 30.5 Å². The first-order valence-electron chi connectivity index (χ1n) is 9.78. The standard InChI is InChI=1S/C24H23N3O2/c1-3-27-22-8-6-5-7-20(22)21-15-17(9-14-23(21)27)16-25-26-24(28)18-10-12-19(13-11-18)29-4-2/h5-16H,3-4H2,1-2H3,(H,26,28)/b25-16-. The number of para-hydroxylation sites is 1. The lowest BCUT2D eigenvalue weighted by Crippen LogP contribution is -2.17. The first kappa shape index (κ1) is 18.7. The van der Waals surface area contributed by atoms with Crippen molar-refractivity contribution in [3.8, 4) is 5.75 Å². The summed E-state index contributed by atoms with van der Waals surface area (Å²) in [5, 5.41) is 6.53. The monoisotopic (exact) mass is 385 g/mol. The van der Waals surface area contributed by atoms with Crippen LogP contribution in [0, 0.1) is 0 Å². The molecule has 0 bridgehead atoms. The van der Waals surface area contributed by atoms with Gasteiger partial charge in [0, 0.05) is 33.9 Å². The van der Waals surface area contributed by atoms with Crippen LogP contribution < -0.4 is 10.2 Å². The van der Waals surface area contributed by atoms with Crippen LogP contribution in [0.3, 0.4) is 0 Å². The van der Waals surface area contributed by atoms with Gasteiger partial charge in [0.05, 0.1) is 12.8 Å². The number of carbonyl (C=O) groups excluding carboxylic acids is 1. The van der Waals surface area contributed by atoms with Crippen molar-refractivity contribution in [2.45, 2.75) is 20.4 Å². The van der Waals surface area contributed by atoms with E-state index in [0.717, 1.165) is 17.9 Å². The van der Waals surface area contributed by atoms with E-state index in [1.807, 2.05) is 13.0 Å². The van der Waals surface area contributed by atoms with Gasteiger partial charge >= 0.3 is 0 Å². The average molecular weight is 385 g/mol. The highest BCUT2D eigenvalue weighted by molar-refractivity contribution is 6.09. The predicted octanol–water partition coefficient (Wildman–Crippen LogP) is 4.98. The third kappa shape index (κ3) is 3.72. The molecule has 0 saturated heterocycles. The van der Waals surface area contributed by atoms with Gasteiger partial charge in [-0.05, 0) is 61.9 Å². The molecular weight excluding hydrogens is 362 g/mol. The van der Waals surface area contributed by atoms with Crippen LogP contribution in [0.15, 0.2) is 71.8 Å². The molecule has 0 spiro atoms. The van der Waals surface area contributed by atoms with Crippen molar-refractivity contribution in [2.75, 3.05) is 6.61 Å². The SMILES string of the molecule is CCOc1ccc(C(=O)N/N=C\c2ccc3c(c2)c2ccccc2n3CC)cc1. The maximum atomic E-state index is 12.3. The highest BCUT2D eigenvalue weighted by atomic mass is 16.5. The van der Waals surface area contributed by atoms with Gasteiger partial charge in [-0.3, -0.25) is 4.79 Å². The summed E-state index contributed by atoms with van der Waals surface area (Å²) in [6.45, 7) is 5.58. The van der Waals surface area contributed by atoms with Crippen molar-refractivity contribution in [3.05, 3.63) is 77.9 Å². The van der Waals surface area contributed by atoms with Crippen LogP contribution in [-0.2, 0) is 6.54 Å². The molecule has 146 valence electrons. The molecule has 5 heteroatoms. The minimum atomic E-state index is -0.257. The van der Waals surface area contributed by atoms with Gasteiger partial charge < -0.3 is 9.30 Å². The summed E-state index contributed by atoms with van der Waals surface area (Å²) in [6, 6.07) is 21.6. The third-order valence-corrected chi connectivity index (χ3v) is 4.92. The Bertz CT molecular complexity index is 1190. The maximum Gasteiger partial charge on any atom is 0.271 e. The molecule has 1 amide bonds. The number of aromatic nitrogens is 1. The number of carbonyl (C=O) groups is 1. The Morgan fingerprint density at radius 1 is 1.00 bits per heavy atom. The first-order valence-corrected chi connectivity index (χ1v) is 9.78. The normalized spacial score (nSPS) is 11.4. The van der Waals surface area contributed by atoms with Crippen molar-refractivity contribution in [1.29, 1.82) is 0 Å². The predicted molar refractivity (Wildman–Crippen MR) is 118 cm³/mol. The van der Waals surface area contributed by atoms with Gasteiger partial charge in [-0.1, -0.05) is 24.3 Å². The Balaban J connectivity index is 1.54. The van der Waals surface area contributed by atoms with E-state index in [2.05, 4.69) is 58.4 Å². The third-order valence-electron chi connectivity index (χ3n) is 4.92. The van der Waals surface area contributed by atoms with Gasteiger partial charge in [0.15, 0.2) is 0 Å². The van der Waals surface area contributed by atoms with Crippen molar-refractivity contribution in [2.24, 2.45) is 5.10 Å². The van der Waals surface area contributed by atoms with Crippen LogP contribution >= 0.6 is 0 Å². The molecule has 5 nitrogen and oxygen atoms in total. The van der Waals surface area contributed by atoms with Crippen LogP contribution in [0.5, 0.6) is 5.75 Å². The van der Waals surface area contributed by atoms with Crippen molar-refractivity contribution in [3.63, 3.8) is 0 Å². The summed E-state index contributed by atoms with van der Waals surface area (Å²) in [7, 11) is 0. The summed E-state index contributed by atoms with van der Waals surface area (Å²) < 4.78 is 7.70. The molecule has 4 aromatic rings. The van der Waals surface area contributed by atoms with Gasteiger partial charge in [-0.25, -0.2) is 5.43 Å². The second kappa shape index (κ2) is 8.19. The van der Waals surface area contributed by atoms with Crippen LogP contribution in [-0.4, -0.2) is 23.3 Å². The summed E-state index contributed by atoms with van der Waals surface area (Å²) in [6.07, 6.45) is 1.67. The largest absolute Gasteiger partial charge is 0.494 e. The second-order valence-corrected chi connectivity index (χ2v) is 6.69. The molecule has 0 aliphatic rings. The van der Waals surface area contributed by atoms with E-state index >= 15 is 0 Å². The number of rotatable bonds is 6. The fraction of sp³-hybridized carbons (Fsp3) is 0.167. The molecule has 0 aliphatic carbocycles. The Labute approximate surface area is 169 Å². The number of benzene rings is 3. The molecule has 0 unspecified atom stereocenters.